The van der Waals surface area contributed by atoms with Gasteiger partial charge in [0, 0.05) is 6.42 Å². The molecule has 0 aromatic rings. The number of hydrogen-bond acceptors (Lipinski definition) is 2. The second-order valence-corrected chi connectivity index (χ2v) is 4.12. The highest BCUT2D eigenvalue weighted by Crippen LogP contribution is 2.07. The Morgan fingerprint density at radius 1 is 1.00 bits per heavy atom. The minimum atomic E-state index is 0.0813. The van der Waals surface area contributed by atoms with Crippen LogP contribution in [0.3, 0.4) is 0 Å². The van der Waals surface area contributed by atoms with Gasteiger partial charge in [0.25, 0.3) is 0 Å². The fraction of sp³-hybridized carbons (Fsp3) is 0.714. The SMILES string of the molecule is CCC/C=C/CCCCCCC(=O)CC=O. The number of unbranched alkanes of at least 4 members (excludes halogenated alkanes) is 5. The van der Waals surface area contributed by atoms with E-state index in [4.69, 9.17) is 0 Å². The number of aldehydes is 1. The van der Waals surface area contributed by atoms with Gasteiger partial charge in [-0.05, 0) is 25.7 Å². The van der Waals surface area contributed by atoms with E-state index in [0.29, 0.717) is 12.7 Å². The molecule has 0 unspecified atom stereocenters. The molecule has 0 rings (SSSR count). The molecule has 2 nitrogen and oxygen atoms in total. The van der Waals surface area contributed by atoms with Crippen molar-refractivity contribution in [3.8, 4) is 0 Å². The fourth-order valence-electron chi connectivity index (χ4n) is 1.54. The molecule has 0 aromatic heterocycles. The summed E-state index contributed by atoms with van der Waals surface area (Å²) in [5.74, 6) is 0.0813. The third-order valence-corrected chi connectivity index (χ3v) is 2.51. The zero-order valence-corrected chi connectivity index (χ0v) is 10.4. The fourth-order valence-corrected chi connectivity index (χ4v) is 1.54. The van der Waals surface area contributed by atoms with Crippen LogP contribution in [0.5, 0.6) is 0 Å². The van der Waals surface area contributed by atoms with Crippen molar-refractivity contribution in [1.82, 2.24) is 0 Å². The third-order valence-electron chi connectivity index (χ3n) is 2.51. The van der Waals surface area contributed by atoms with Gasteiger partial charge in [0.15, 0.2) is 0 Å². The molecule has 0 atom stereocenters. The summed E-state index contributed by atoms with van der Waals surface area (Å²) in [4.78, 5) is 21.1. The summed E-state index contributed by atoms with van der Waals surface area (Å²) in [6.45, 7) is 2.18. The van der Waals surface area contributed by atoms with Crippen LogP contribution < -0.4 is 0 Å². The molecule has 0 radical (unpaired) electrons. The van der Waals surface area contributed by atoms with Gasteiger partial charge in [-0.1, -0.05) is 38.3 Å². The molecule has 0 N–H and O–H groups in total. The van der Waals surface area contributed by atoms with Crippen molar-refractivity contribution >= 4 is 12.1 Å². The van der Waals surface area contributed by atoms with Gasteiger partial charge in [0.2, 0.25) is 0 Å². The largest absolute Gasteiger partial charge is 0.303 e. The lowest BCUT2D eigenvalue weighted by atomic mass is 10.1. The average molecular weight is 224 g/mol. The molecule has 16 heavy (non-hydrogen) atoms. The Bertz CT molecular complexity index is 207. The molecule has 2 heteroatoms. The first kappa shape index (κ1) is 15.1. The summed E-state index contributed by atoms with van der Waals surface area (Å²) in [6.07, 6.45) is 13.8. The van der Waals surface area contributed by atoms with Crippen molar-refractivity contribution in [2.75, 3.05) is 0 Å². The number of allylic oxidation sites excluding steroid dienone is 2. The molecule has 0 bridgehead atoms. The zero-order valence-electron chi connectivity index (χ0n) is 10.4. The van der Waals surface area contributed by atoms with Gasteiger partial charge in [-0.25, -0.2) is 0 Å². The van der Waals surface area contributed by atoms with Gasteiger partial charge in [0.1, 0.15) is 12.1 Å². The monoisotopic (exact) mass is 224 g/mol. The smallest absolute Gasteiger partial charge is 0.139 e. The maximum Gasteiger partial charge on any atom is 0.139 e. The summed E-state index contributed by atoms with van der Waals surface area (Å²) in [5, 5.41) is 0. The van der Waals surface area contributed by atoms with Crippen molar-refractivity contribution in [3.63, 3.8) is 0 Å². The molecule has 0 aliphatic carbocycles. The van der Waals surface area contributed by atoms with E-state index in [2.05, 4.69) is 19.1 Å². The molecule has 0 spiro atoms. The molecule has 0 saturated carbocycles. The molecule has 0 heterocycles. The van der Waals surface area contributed by atoms with Crippen LogP contribution in [-0.4, -0.2) is 12.1 Å². The van der Waals surface area contributed by atoms with Gasteiger partial charge in [-0.2, -0.15) is 0 Å². The first-order valence-electron chi connectivity index (χ1n) is 6.41. The highest BCUT2D eigenvalue weighted by atomic mass is 16.1. The van der Waals surface area contributed by atoms with Gasteiger partial charge < -0.3 is 4.79 Å². The second-order valence-electron chi connectivity index (χ2n) is 4.12. The number of carbonyl (C=O) groups excluding carboxylic acids is 2. The van der Waals surface area contributed by atoms with Gasteiger partial charge >= 0.3 is 0 Å². The lowest BCUT2D eigenvalue weighted by Gasteiger charge is -1.98. The highest BCUT2D eigenvalue weighted by molar-refractivity contribution is 5.89. The summed E-state index contributed by atoms with van der Waals surface area (Å²) in [6, 6.07) is 0. The average Bonchev–Trinajstić information content (AvgIpc) is 2.27. The van der Waals surface area contributed by atoms with Crippen molar-refractivity contribution in [3.05, 3.63) is 12.2 Å². The van der Waals surface area contributed by atoms with Crippen LogP contribution in [0.2, 0.25) is 0 Å². The van der Waals surface area contributed by atoms with Crippen LogP contribution in [0.25, 0.3) is 0 Å². The Balaban J connectivity index is 3.15. The van der Waals surface area contributed by atoms with Crippen molar-refractivity contribution in [2.24, 2.45) is 0 Å². The number of rotatable bonds is 11. The molecular formula is C14H24O2. The predicted molar refractivity (Wildman–Crippen MR) is 67.4 cm³/mol. The Hall–Kier alpha value is -0.920. The molecule has 92 valence electrons. The lowest BCUT2D eigenvalue weighted by molar-refractivity contribution is -0.122. The number of ketones is 1. The molecular weight excluding hydrogens is 200 g/mol. The zero-order chi connectivity index (χ0) is 12.1. The van der Waals surface area contributed by atoms with E-state index in [0.717, 1.165) is 19.3 Å². The van der Waals surface area contributed by atoms with Gasteiger partial charge in [0.05, 0.1) is 6.42 Å². The molecule has 0 saturated heterocycles. The van der Waals surface area contributed by atoms with E-state index in [-0.39, 0.29) is 12.2 Å². The van der Waals surface area contributed by atoms with Gasteiger partial charge in [-0.3, -0.25) is 4.79 Å². The third kappa shape index (κ3) is 11.2. The Labute approximate surface area is 99.1 Å². The minimum Gasteiger partial charge on any atom is -0.303 e. The first-order valence-corrected chi connectivity index (χ1v) is 6.41. The topological polar surface area (TPSA) is 34.1 Å². The van der Waals surface area contributed by atoms with Crippen LogP contribution in [0.4, 0.5) is 0 Å². The van der Waals surface area contributed by atoms with E-state index >= 15 is 0 Å². The normalized spacial score (nSPS) is 10.8. The molecule has 0 aliphatic heterocycles. The molecule has 0 fully saturated rings. The van der Waals surface area contributed by atoms with Crippen LogP contribution in [0, 0.1) is 0 Å². The van der Waals surface area contributed by atoms with Gasteiger partial charge in [-0.15, -0.1) is 0 Å². The molecule has 0 amide bonds. The van der Waals surface area contributed by atoms with Crippen LogP contribution in [-0.2, 0) is 9.59 Å². The van der Waals surface area contributed by atoms with E-state index in [1.807, 2.05) is 0 Å². The van der Waals surface area contributed by atoms with E-state index in [9.17, 15) is 9.59 Å². The summed E-state index contributed by atoms with van der Waals surface area (Å²) < 4.78 is 0. The lowest BCUT2D eigenvalue weighted by Crippen LogP contribution is -1.97. The van der Waals surface area contributed by atoms with Crippen molar-refractivity contribution in [1.29, 1.82) is 0 Å². The van der Waals surface area contributed by atoms with E-state index in [1.54, 1.807) is 0 Å². The minimum absolute atomic E-state index is 0.0813. The van der Waals surface area contributed by atoms with Crippen LogP contribution in [0.1, 0.15) is 64.7 Å². The summed E-state index contributed by atoms with van der Waals surface area (Å²) in [7, 11) is 0. The maximum atomic E-state index is 11.0. The predicted octanol–water partition coefficient (Wildman–Crippen LogP) is 3.84. The summed E-state index contributed by atoms with van der Waals surface area (Å²) >= 11 is 0. The number of Topliss-reactive ketones (excluding diaryl/α,β-unsaturated/α-hetero) is 1. The Morgan fingerprint density at radius 2 is 1.69 bits per heavy atom. The molecule has 0 aliphatic rings. The Morgan fingerprint density at radius 3 is 2.38 bits per heavy atom. The summed E-state index contributed by atoms with van der Waals surface area (Å²) in [5.41, 5.74) is 0. The second kappa shape index (κ2) is 12.2. The van der Waals surface area contributed by atoms with E-state index in [1.165, 1.54) is 25.7 Å². The molecule has 0 aromatic carbocycles. The number of carbonyl (C=O) groups is 2. The first-order chi connectivity index (χ1) is 7.81. The van der Waals surface area contributed by atoms with Crippen LogP contribution >= 0.6 is 0 Å². The quantitative estimate of drug-likeness (QED) is 0.231. The van der Waals surface area contributed by atoms with Crippen LogP contribution in [0.15, 0.2) is 12.2 Å². The highest BCUT2D eigenvalue weighted by Gasteiger charge is 1.99. The standard InChI is InChI=1S/C14H24O2/c1-2-3-4-5-6-7-8-9-10-11-14(16)12-13-15/h4-5,13H,2-3,6-12H2,1H3/b5-4+. The Kier molecular flexibility index (Phi) is 11.5. The van der Waals surface area contributed by atoms with E-state index < -0.39 is 0 Å². The number of hydrogen-bond donors (Lipinski definition) is 0. The van der Waals surface area contributed by atoms with Crippen molar-refractivity contribution < 1.29 is 9.59 Å². The van der Waals surface area contributed by atoms with Crippen molar-refractivity contribution in [2.45, 2.75) is 64.7 Å². The maximum absolute atomic E-state index is 11.0.